The number of nitrogens with two attached hydrogens (primary N) is 1. The molecule has 3 rings (SSSR count). The molecule has 0 saturated carbocycles. The Morgan fingerprint density at radius 3 is 2.71 bits per heavy atom. The zero-order valence-corrected chi connectivity index (χ0v) is 11.5. The Hall–Kier alpha value is -2.56. The number of nitrogen functional groups attached to an aromatic ring is 1. The van der Waals surface area contributed by atoms with Gasteiger partial charge in [0.2, 0.25) is 0 Å². The van der Waals surface area contributed by atoms with E-state index >= 15 is 0 Å². The Morgan fingerprint density at radius 1 is 1.19 bits per heavy atom. The van der Waals surface area contributed by atoms with E-state index in [0.717, 1.165) is 12.0 Å². The Balaban J connectivity index is 1.72. The van der Waals surface area contributed by atoms with Gasteiger partial charge in [0.1, 0.15) is 5.82 Å². The monoisotopic (exact) mass is 285 g/mol. The number of fused-ring (bicyclic) bond motifs is 1. The van der Waals surface area contributed by atoms with E-state index in [2.05, 4.69) is 5.32 Å². The van der Waals surface area contributed by atoms with Crippen molar-refractivity contribution in [3.8, 4) is 0 Å². The van der Waals surface area contributed by atoms with E-state index < -0.39 is 0 Å². The summed E-state index contributed by atoms with van der Waals surface area (Å²) in [6, 6.07) is 11.3. The summed E-state index contributed by atoms with van der Waals surface area (Å²) in [6.45, 7) is 1.14. The molecule has 2 aromatic carbocycles. The molecule has 4 nitrogen and oxygen atoms in total. The van der Waals surface area contributed by atoms with Gasteiger partial charge >= 0.3 is 6.03 Å². The molecule has 21 heavy (non-hydrogen) atoms. The number of carbonyl (C=O) groups is 1. The Bertz CT molecular complexity index is 670. The molecule has 0 radical (unpaired) electrons. The highest BCUT2D eigenvalue weighted by Crippen LogP contribution is 2.24. The predicted molar refractivity (Wildman–Crippen MR) is 80.4 cm³/mol. The second kappa shape index (κ2) is 5.44. The maximum Gasteiger partial charge on any atom is 0.322 e. The molecule has 1 aliphatic rings. The van der Waals surface area contributed by atoms with Crippen LogP contribution in [-0.2, 0) is 13.0 Å². The van der Waals surface area contributed by atoms with Gasteiger partial charge in [-0.3, -0.25) is 0 Å². The third-order valence-corrected chi connectivity index (χ3v) is 3.69. The maximum atomic E-state index is 12.9. The molecular weight excluding hydrogens is 269 g/mol. The topological polar surface area (TPSA) is 58.4 Å². The van der Waals surface area contributed by atoms with Gasteiger partial charge in [0, 0.05) is 24.5 Å². The summed E-state index contributed by atoms with van der Waals surface area (Å²) < 4.78 is 12.9. The minimum Gasteiger partial charge on any atom is -0.398 e. The molecule has 2 aromatic rings. The molecule has 1 aliphatic heterocycles. The first-order chi connectivity index (χ1) is 10.1. The van der Waals surface area contributed by atoms with Gasteiger partial charge in [0.15, 0.2) is 0 Å². The lowest BCUT2D eigenvalue weighted by Gasteiger charge is -2.29. The van der Waals surface area contributed by atoms with Crippen molar-refractivity contribution in [2.75, 3.05) is 17.6 Å². The van der Waals surface area contributed by atoms with Gasteiger partial charge in [0.25, 0.3) is 0 Å². The second-order valence-corrected chi connectivity index (χ2v) is 5.09. The van der Waals surface area contributed by atoms with Crippen molar-refractivity contribution >= 4 is 17.4 Å². The van der Waals surface area contributed by atoms with Gasteiger partial charge in [0.05, 0.1) is 0 Å². The summed E-state index contributed by atoms with van der Waals surface area (Å²) in [6.07, 6.45) is 0.789. The zero-order chi connectivity index (χ0) is 14.8. The SMILES string of the molecule is Nc1cccc2c1CN(C(=O)Nc1ccc(F)cc1)CC2. The van der Waals surface area contributed by atoms with Crippen molar-refractivity contribution in [2.24, 2.45) is 0 Å². The van der Waals surface area contributed by atoms with E-state index in [1.165, 1.54) is 17.7 Å². The van der Waals surface area contributed by atoms with Crippen LogP contribution in [0.15, 0.2) is 42.5 Å². The molecule has 0 atom stereocenters. The van der Waals surface area contributed by atoms with E-state index in [0.29, 0.717) is 24.5 Å². The third kappa shape index (κ3) is 2.81. The summed E-state index contributed by atoms with van der Waals surface area (Å²) >= 11 is 0. The lowest BCUT2D eigenvalue weighted by Crippen LogP contribution is -2.39. The van der Waals surface area contributed by atoms with Crippen molar-refractivity contribution in [3.05, 3.63) is 59.4 Å². The van der Waals surface area contributed by atoms with Gasteiger partial charge in [-0.2, -0.15) is 0 Å². The second-order valence-electron chi connectivity index (χ2n) is 5.09. The highest BCUT2D eigenvalue weighted by atomic mass is 19.1. The Kier molecular flexibility index (Phi) is 3.48. The molecule has 5 heteroatoms. The number of halogens is 1. The summed E-state index contributed by atoms with van der Waals surface area (Å²) in [7, 11) is 0. The average Bonchev–Trinajstić information content (AvgIpc) is 2.50. The summed E-state index contributed by atoms with van der Waals surface area (Å²) in [5, 5.41) is 2.77. The van der Waals surface area contributed by atoms with E-state index in [4.69, 9.17) is 5.73 Å². The van der Waals surface area contributed by atoms with Crippen LogP contribution in [0.5, 0.6) is 0 Å². The standard InChI is InChI=1S/C16H16FN3O/c17-12-4-6-13(7-5-12)19-16(21)20-9-8-11-2-1-3-15(18)14(11)10-20/h1-7H,8-10,18H2,(H,19,21). The molecule has 2 amide bonds. The zero-order valence-electron chi connectivity index (χ0n) is 11.5. The fourth-order valence-corrected chi connectivity index (χ4v) is 2.52. The molecule has 0 bridgehead atoms. The number of hydrogen-bond donors (Lipinski definition) is 2. The van der Waals surface area contributed by atoms with Crippen LogP contribution in [-0.4, -0.2) is 17.5 Å². The van der Waals surface area contributed by atoms with E-state index in [-0.39, 0.29) is 11.8 Å². The van der Waals surface area contributed by atoms with Gasteiger partial charge in [-0.25, -0.2) is 9.18 Å². The number of carbonyl (C=O) groups excluding carboxylic acids is 1. The Labute approximate surface area is 122 Å². The number of amides is 2. The minimum atomic E-state index is -0.326. The fourth-order valence-electron chi connectivity index (χ4n) is 2.52. The van der Waals surface area contributed by atoms with Crippen molar-refractivity contribution in [2.45, 2.75) is 13.0 Å². The van der Waals surface area contributed by atoms with Crippen LogP contribution in [0.25, 0.3) is 0 Å². The van der Waals surface area contributed by atoms with Gasteiger partial charge < -0.3 is 16.0 Å². The normalized spacial score (nSPS) is 13.7. The van der Waals surface area contributed by atoms with Gasteiger partial charge in [-0.05, 0) is 47.9 Å². The van der Waals surface area contributed by atoms with Gasteiger partial charge in [-0.1, -0.05) is 12.1 Å². The van der Waals surface area contributed by atoms with Crippen molar-refractivity contribution in [1.29, 1.82) is 0 Å². The van der Waals surface area contributed by atoms with Crippen LogP contribution in [0.3, 0.4) is 0 Å². The van der Waals surface area contributed by atoms with Crippen LogP contribution in [0, 0.1) is 5.82 Å². The first kappa shape index (κ1) is 13.4. The van der Waals surface area contributed by atoms with Crippen molar-refractivity contribution < 1.29 is 9.18 Å². The largest absolute Gasteiger partial charge is 0.398 e. The molecule has 0 unspecified atom stereocenters. The van der Waals surface area contributed by atoms with Crippen LogP contribution in [0.1, 0.15) is 11.1 Å². The summed E-state index contributed by atoms with van der Waals surface area (Å²) in [5.74, 6) is -0.326. The highest BCUT2D eigenvalue weighted by molar-refractivity contribution is 5.89. The molecule has 0 aromatic heterocycles. The summed E-state index contributed by atoms with van der Waals surface area (Å²) in [4.78, 5) is 14.0. The molecule has 0 spiro atoms. The lowest BCUT2D eigenvalue weighted by atomic mass is 9.98. The van der Waals surface area contributed by atoms with E-state index in [1.54, 1.807) is 17.0 Å². The lowest BCUT2D eigenvalue weighted by molar-refractivity contribution is 0.206. The summed E-state index contributed by atoms with van der Waals surface area (Å²) in [5.41, 5.74) is 9.47. The quantitative estimate of drug-likeness (QED) is 0.791. The predicted octanol–water partition coefficient (Wildman–Crippen LogP) is 3.00. The van der Waals surface area contributed by atoms with E-state index in [9.17, 15) is 9.18 Å². The van der Waals surface area contributed by atoms with Crippen LogP contribution in [0.2, 0.25) is 0 Å². The van der Waals surface area contributed by atoms with Crippen molar-refractivity contribution in [1.82, 2.24) is 4.90 Å². The van der Waals surface area contributed by atoms with E-state index in [1.807, 2.05) is 18.2 Å². The highest BCUT2D eigenvalue weighted by Gasteiger charge is 2.22. The van der Waals surface area contributed by atoms with Crippen LogP contribution in [0.4, 0.5) is 20.6 Å². The molecule has 0 fully saturated rings. The number of nitrogens with zero attached hydrogens (tertiary/aromatic N) is 1. The number of urea groups is 1. The first-order valence-electron chi connectivity index (χ1n) is 6.81. The van der Waals surface area contributed by atoms with Gasteiger partial charge in [-0.15, -0.1) is 0 Å². The minimum absolute atomic E-state index is 0.199. The first-order valence-corrected chi connectivity index (χ1v) is 6.81. The number of nitrogens with one attached hydrogen (secondary N) is 1. The molecule has 0 saturated heterocycles. The molecule has 108 valence electrons. The smallest absolute Gasteiger partial charge is 0.322 e. The number of benzene rings is 2. The van der Waals surface area contributed by atoms with Crippen molar-refractivity contribution in [3.63, 3.8) is 0 Å². The van der Waals surface area contributed by atoms with Crippen LogP contribution < -0.4 is 11.1 Å². The molecule has 0 aliphatic carbocycles. The number of rotatable bonds is 1. The number of hydrogen-bond acceptors (Lipinski definition) is 2. The third-order valence-electron chi connectivity index (χ3n) is 3.69. The molecule has 3 N–H and O–H groups in total. The maximum absolute atomic E-state index is 12.9. The molecular formula is C16H16FN3O. The molecule has 1 heterocycles. The van der Waals surface area contributed by atoms with Crippen LogP contribution >= 0.6 is 0 Å². The fraction of sp³-hybridized carbons (Fsp3) is 0.188. The Morgan fingerprint density at radius 2 is 1.95 bits per heavy atom. The number of anilines is 2. The average molecular weight is 285 g/mol.